The molecule has 0 aliphatic carbocycles. The Morgan fingerprint density at radius 2 is 1.92 bits per heavy atom. The summed E-state index contributed by atoms with van der Waals surface area (Å²) in [4.78, 5) is 31.3. The van der Waals surface area contributed by atoms with Crippen LogP contribution in [0.3, 0.4) is 0 Å². The summed E-state index contributed by atoms with van der Waals surface area (Å²) in [5.41, 5.74) is 8.28. The van der Waals surface area contributed by atoms with Crippen molar-refractivity contribution in [3.63, 3.8) is 0 Å². The maximum Gasteiger partial charge on any atom is 0.228 e. The lowest BCUT2D eigenvalue weighted by Gasteiger charge is -2.30. The van der Waals surface area contributed by atoms with Crippen molar-refractivity contribution in [3.05, 3.63) is 47.6 Å². The first kappa shape index (κ1) is 16.8. The van der Waals surface area contributed by atoms with Crippen LogP contribution in [0.15, 0.2) is 41.9 Å². The predicted molar refractivity (Wildman–Crippen MR) is 101 cm³/mol. The monoisotopic (exact) mass is 368 g/mol. The van der Waals surface area contributed by atoms with E-state index in [-0.39, 0.29) is 17.7 Å². The summed E-state index contributed by atoms with van der Waals surface area (Å²) in [5.74, 6) is -0.278. The lowest BCUT2D eigenvalue weighted by atomic mass is 9.96. The lowest BCUT2D eigenvalue weighted by molar-refractivity contribution is -0.134. The van der Waals surface area contributed by atoms with Crippen LogP contribution >= 0.6 is 11.3 Å². The smallest absolute Gasteiger partial charge is 0.228 e. The van der Waals surface area contributed by atoms with Gasteiger partial charge < -0.3 is 10.6 Å². The summed E-state index contributed by atoms with van der Waals surface area (Å²) < 4.78 is 2.00. The van der Waals surface area contributed by atoms with Gasteiger partial charge >= 0.3 is 0 Å². The molecule has 1 aliphatic heterocycles. The summed E-state index contributed by atoms with van der Waals surface area (Å²) in [6, 6.07) is 10.0. The highest BCUT2D eigenvalue weighted by atomic mass is 32.1. The number of aromatic nitrogens is 2. The van der Waals surface area contributed by atoms with Gasteiger partial charge in [0, 0.05) is 41.8 Å². The topological polar surface area (TPSA) is 80.7 Å². The largest absolute Gasteiger partial charge is 0.369 e. The van der Waals surface area contributed by atoms with Crippen LogP contribution in [0, 0.1) is 5.92 Å². The van der Waals surface area contributed by atoms with Gasteiger partial charge in [0.25, 0.3) is 0 Å². The fourth-order valence-electron chi connectivity index (χ4n) is 3.38. The maximum atomic E-state index is 12.6. The van der Waals surface area contributed by atoms with Crippen LogP contribution in [0.1, 0.15) is 18.5 Å². The number of thiazole rings is 1. The van der Waals surface area contributed by atoms with Crippen LogP contribution in [-0.4, -0.2) is 39.2 Å². The van der Waals surface area contributed by atoms with Crippen molar-refractivity contribution >= 4 is 28.1 Å². The molecule has 0 atom stereocenters. The molecule has 1 saturated heterocycles. The van der Waals surface area contributed by atoms with E-state index in [1.54, 1.807) is 11.3 Å². The van der Waals surface area contributed by atoms with Crippen molar-refractivity contribution in [2.24, 2.45) is 11.7 Å². The van der Waals surface area contributed by atoms with Gasteiger partial charge in [-0.3, -0.25) is 14.0 Å². The van der Waals surface area contributed by atoms with Crippen LogP contribution in [0.25, 0.3) is 16.2 Å². The summed E-state index contributed by atoms with van der Waals surface area (Å²) >= 11 is 1.54. The average Bonchev–Trinajstić information content (AvgIpc) is 3.24. The lowest BCUT2D eigenvalue weighted by Crippen LogP contribution is -2.42. The van der Waals surface area contributed by atoms with E-state index in [0.717, 1.165) is 21.9 Å². The molecular formula is C19H20N4O2S. The zero-order chi connectivity index (χ0) is 18.1. The van der Waals surface area contributed by atoms with Gasteiger partial charge in [0.05, 0.1) is 12.1 Å². The molecule has 0 radical (unpaired) electrons. The van der Waals surface area contributed by atoms with Gasteiger partial charge in [0.2, 0.25) is 11.8 Å². The molecule has 6 nitrogen and oxygen atoms in total. The maximum absolute atomic E-state index is 12.6. The number of imidazole rings is 1. The van der Waals surface area contributed by atoms with E-state index in [1.807, 2.05) is 51.2 Å². The number of carbonyl (C=O) groups is 2. The first-order chi connectivity index (χ1) is 12.6. The minimum absolute atomic E-state index is 0.0857. The number of nitrogens with two attached hydrogens (primary N) is 1. The van der Waals surface area contributed by atoms with Gasteiger partial charge in [0.1, 0.15) is 0 Å². The third kappa shape index (κ3) is 3.22. The van der Waals surface area contributed by atoms with E-state index >= 15 is 0 Å². The number of primary amides is 1. The molecule has 0 bridgehead atoms. The first-order valence-electron chi connectivity index (χ1n) is 8.70. The fourth-order valence-corrected chi connectivity index (χ4v) is 4.26. The molecule has 134 valence electrons. The Balaban J connectivity index is 1.48. The van der Waals surface area contributed by atoms with Crippen LogP contribution in [-0.2, 0) is 16.0 Å². The second kappa shape index (κ2) is 6.92. The van der Waals surface area contributed by atoms with E-state index < -0.39 is 0 Å². The molecule has 26 heavy (non-hydrogen) atoms. The molecule has 4 rings (SSSR count). The number of rotatable bonds is 4. The number of hydrogen-bond acceptors (Lipinski definition) is 4. The Kier molecular flexibility index (Phi) is 4.46. The van der Waals surface area contributed by atoms with E-state index in [9.17, 15) is 9.59 Å². The molecule has 2 aromatic heterocycles. The molecule has 3 aromatic rings. The van der Waals surface area contributed by atoms with Gasteiger partial charge in [-0.2, -0.15) is 0 Å². The number of carbonyl (C=O) groups excluding carboxylic acids is 2. The van der Waals surface area contributed by atoms with Crippen molar-refractivity contribution in [2.75, 3.05) is 13.1 Å². The zero-order valence-corrected chi connectivity index (χ0v) is 15.1. The van der Waals surface area contributed by atoms with Crippen molar-refractivity contribution in [3.8, 4) is 11.3 Å². The summed E-state index contributed by atoms with van der Waals surface area (Å²) in [7, 11) is 0. The third-order valence-corrected chi connectivity index (χ3v) is 5.82. The molecule has 1 aromatic carbocycles. The molecule has 2 N–H and O–H groups in total. The molecule has 7 heteroatoms. The average molecular weight is 368 g/mol. The van der Waals surface area contributed by atoms with Gasteiger partial charge in [-0.05, 0) is 12.8 Å². The van der Waals surface area contributed by atoms with Gasteiger partial charge in [0.15, 0.2) is 4.96 Å². The van der Waals surface area contributed by atoms with Crippen molar-refractivity contribution < 1.29 is 9.59 Å². The van der Waals surface area contributed by atoms with Gasteiger partial charge in [-0.1, -0.05) is 30.3 Å². The number of nitrogens with zero attached hydrogens (tertiary/aromatic N) is 3. The number of piperidine rings is 1. The van der Waals surface area contributed by atoms with Crippen molar-refractivity contribution in [2.45, 2.75) is 19.3 Å². The number of amides is 2. The minimum Gasteiger partial charge on any atom is -0.369 e. The van der Waals surface area contributed by atoms with Crippen molar-refractivity contribution in [1.29, 1.82) is 0 Å². The van der Waals surface area contributed by atoms with Crippen LogP contribution in [0.2, 0.25) is 0 Å². The molecular weight excluding hydrogens is 348 g/mol. The van der Waals surface area contributed by atoms with Crippen molar-refractivity contribution in [1.82, 2.24) is 14.3 Å². The molecule has 0 spiro atoms. The normalized spacial score (nSPS) is 15.5. The second-order valence-corrected chi connectivity index (χ2v) is 7.44. The number of likely N-dealkylation sites (tertiary alicyclic amines) is 1. The van der Waals surface area contributed by atoms with Crippen LogP contribution in [0.4, 0.5) is 0 Å². The molecule has 1 aliphatic rings. The Morgan fingerprint density at radius 3 is 2.62 bits per heavy atom. The van der Waals surface area contributed by atoms with Crippen LogP contribution in [0.5, 0.6) is 0 Å². The fraction of sp³-hybridized carbons (Fsp3) is 0.316. The molecule has 0 unspecified atom stereocenters. The highest BCUT2D eigenvalue weighted by Crippen LogP contribution is 2.24. The molecule has 3 heterocycles. The third-order valence-electron chi connectivity index (χ3n) is 4.94. The van der Waals surface area contributed by atoms with Gasteiger partial charge in [-0.15, -0.1) is 11.3 Å². The Morgan fingerprint density at radius 1 is 1.19 bits per heavy atom. The highest BCUT2D eigenvalue weighted by Gasteiger charge is 2.26. The summed E-state index contributed by atoms with van der Waals surface area (Å²) in [6.45, 7) is 1.19. The first-order valence-corrected chi connectivity index (χ1v) is 9.58. The quantitative estimate of drug-likeness (QED) is 0.767. The number of benzene rings is 1. The predicted octanol–water partition coefficient (Wildman–Crippen LogP) is 2.33. The summed E-state index contributed by atoms with van der Waals surface area (Å²) in [5, 5.41) is 1.99. The summed E-state index contributed by atoms with van der Waals surface area (Å²) in [6.07, 6.45) is 3.64. The molecule has 0 saturated carbocycles. The molecule has 2 amide bonds. The van der Waals surface area contributed by atoms with Gasteiger partial charge in [-0.25, -0.2) is 4.98 Å². The highest BCUT2D eigenvalue weighted by molar-refractivity contribution is 7.15. The zero-order valence-electron chi connectivity index (χ0n) is 14.3. The number of hydrogen-bond donors (Lipinski definition) is 1. The molecule has 1 fully saturated rings. The second-order valence-electron chi connectivity index (χ2n) is 6.61. The van der Waals surface area contributed by atoms with E-state index in [2.05, 4.69) is 4.98 Å². The SMILES string of the molecule is NC(=O)C1CCN(C(=O)Cc2csc3nc(-c4ccccc4)cn23)CC1. The number of fused-ring (bicyclic) bond motifs is 1. The van der Waals surface area contributed by atoms with E-state index in [0.29, 0.717) is 32.4 Å². The Bertz CT molecular complexity index is 939. The van der Waals surface area contributed by atoms with E-state index in [4.69, 9.17) is 5.73 Å². The Labute approximate surface area is 155 Å². The van der Waals surface area contributed by atoms with Crippen LogP contribution < -0.4 is 5.73 Å². The Hall–Kier alpha value is -2.67. The van der Waals surface area contributed by atoms with E-state index in [1.165, 1.54) is 0 Å². The standard InChI is InChI=1S/C19H20N4O2S/c20-18(25)14-6-8-22(9-7-14)17(24)10-15-12-26-19-21-16(11-23(15)19)13-4-2-1-3-5-13/h1-5,11-12,14H,6-10H2,(H2,20,25). The minimum atomic E-state index is -0.261.